The highest BCUT2D eigenvalue weighted by molar-refractivity contribution is 5.76. The van der Waals surface area contributed by atoms with E-state index in [1.54, 1.807) is 26.4 Å². The highest BCUT2D eigenvalue weighted by atomic mass is 16.5. The average Bonchev–Trinajstić information content (AvgIpc) is 3.49. The summed E-state index contributed by atoms with van der Waals surface area (Å²) in [6.45, 7) is 5.31. The van der Waals surface area contributed by atoms with E-state index in [9.17, 15) is 9.90 Å². The third-order valence-electron chi connectivity index (χ3n) is 7.37. The minimum Gasteiger partial charge on any atom is -0.508 e. The van der Waals surface area contributed by atoms with E-state index >= 15 is 0 Å². The van der Waals surface area contributed by atoms with Gasteiger partial charge in [-0.2, -0.15) is 0 Å². The molecule has 1 atom stereocenters. The predicted octanol–water partition coefficient (Wildman–Crippen LogP) is 5.49. The predicted molar refractivity (Wildman–Crippen MR) is 154 cm³/mol. The van der Waals surface area contributed by atoms with Gasteiger partial charge in [0.2, 0.25) is 0 Å². The van der Waals surface area contributed by atoms with Gasteiger partial charge in [0.25, 0.3) is 0 Å². The number of nitrogens with one attached hydrogen (secondary N) is 1. The third kappa shape index (κ3) is 6.24. The Labute approximate surface area is 239 Å². The Morgan fingerprint density at radius 3 is 2.66 bits per heavy atom. The molecule has 0 fully saturated rings. The van der Waals surface area contributed by atoms with Gasteiger partial charge >= 0.3 is 6.03 Å². The van der Waals surface area contributed by atoms with Gasteiger partial charge in [0.15, 0.2) is 17.9 Å². The first-order valence-corrected chi connectivity index (χ1v) is 13.6. The van der Waals surface area contributed by atoms with Crippen LogP contribution in [0.1, 0.15) is 45.1 Å². The Morgan fingerprint density at radius 2 is 1.93 bits per heavy atom. The molecule has 214 valence electrons. The van der Waals surface area contributed by atoms with Gasteiger partial charge in [0.05, 0.1) is 39.1 Å². The van der Waals surface area contributed by atoms with Gasteiger partial charge in [0.1, 0.15) is 17.8 Å². The normalized spacial score (nSPS) is 14.3. The molecule has 0 saturated carbocycles. The molecule has 2 N–H and O–H groups in total. The molecule has 1 aliphatic rings. The largest absolute Gasteiger partial charge is 0.508 e. The number of nitrogens with zero attached hydrogens (tertiary/aromatic N) is 2. The number of ether oxygens (including phenoxy) is 3. The molecule has 3 aromatic carbocycles. The molecular formula is C32H35N3O6. The fourth-order valence-electron chi connectivity index (χ4n) is 5.36. The number of fused-ring (bicyclic) bond motifs is 1. The van der Waals surface area contributed by atoms with Crippen LogP contribution in [0.25, 0.3) is 0 Å². The number of carbonyl (C=O) groups excluding carboxylic acids is 1. The summed E-state index contributed by atoms with van der Waals surface area (Å²) in [5, 5.41) is 13.0. The summed E-state index contributed by atoms with van der Waals surface area (Å²) < 4.78 is 22.3. The van der Waals surface area contributed by atoms with Gasteiger partial charge in [0, 0.05) is 19.0 Å². The Morgan fingerprint density at radius 1 is 1.07 bits per heavy atom. The van der Waals surface area contributed by atoms with E-state index in [4.69, 9.17) is 18.6 Å². The maximum atomic E-state index is 13.6. The highest BCUT2D eigenvalue weighted by Crippen LogP contribution is 2.42. The number of hydrogen-bond donors (Lipinski definition) is 2. The maximum absolute atomic E-state index is 13.6. The van der Waals surface area contributed by atoms with Crippen LogP contribution >= 0.6 is 0 Å². The van der Waals surface area contributed by atoms with Crippen molar-refractivity contribution < 1.29 is 28.5 Å². The molecule has 41 heavy (non-hydrogen) atoms. The number of rotatable bonds is 9. The number of benzene rings is 3. The lowest BCUT2D eigenvalue weighted by Crippen LogP contribution is -2.46. The lowest BCUT2D eigenvalue weighted by Gasteiger charge is -2.38. The fraction of sp³-hybridized carbons (Fsp3) is 0.312. The van der Waals surface area contributed by atoms with E-state index in [-0.39, 0.29) is 24.4 Å². The lowest BCUT2D eigenvalue weighted by atomic mass is 9.85. The summed E-state index contributed by atoms with van der Waals surface area (Å²) in [6.07, 6.45) is 4.11. The van der Waals surface area contributed by atoms with Gasteiger partial charge in [-0.15, -0.1) is 0 Å². The van der Waals surface area contributed by atoms with Crippen molar-refractivity contribution in [2.75, 3.05) is 27.4 Å². The Bertz CT molecular complexity index is 1520. The number of phenolic OH excluding ortho intramolecular Hbond substituents is 1. The third-order valence-corrected chi connectivity index (χ3v) is 7.37. The number of aromatic nitrogens is 1. The number of carbonyl (C=O) groups is 1. The van der Waals surface area contributed by atoms with Crippen LogP contribution in [-0.4, -0.2) is 48.4 Å². The van der Waals surface area contributed by atoms with Crippen LogP contribution in [0.2, 0.25) is 0 Å². The first-order valence-electron chi connectivity index (χ1n) is 13.6. The second kappa shape index (κ2) is 12.2. The highest BCUT2D eigenvalue weighted by Gasteiger charge is 2.34. The number of phenols is 1. The number of oxazole rings is 1. The molecule has 2 amide bonds. The van der Waals surface area contributed by atoms with E-state index in [1.165, 1.54) is 12.7 Å². The minimum absolute atomic E-state index is 0.143. The second-order valence-electron chi connectivity index (χ2n) is 10.2. The fourth-order valence-corrected chi connectivity index (χ4v) is 5.36. The molecule has 0 bridgehead atoms. The second-order valence-corrected chi connectivity index (χ2v) is 10.2. The molecule has 9 nitrogen and oxygen atoms in total. The maximum Gasteiger partial charge on any atom is 0.318 e. The lowest BCUT2D eigenvalue weighted by molar-refractivity contribution is 0.179. The van der Waals surface area contributed by atoms with Crippen LogP contribution in [0.15, 0.2) is 65.6 Å². The van der Waals surface area contributed by atoms with E-state index in [0.29, 0.717) is 48.9 Å². The zero-order chi connectivity index (χ0) is 28.9. The van der Waals surface area contributed by atoms with Crippen molar-refractivity contribution in [3.8, 4) is 23.0 Å². The summed E-state index contributed by atoms with van der Waals surface area (Å²) in [6, 6.07) is 15.0. The molecule has 4 aromatic rings. The molecule has 0 spiro atoms. The van der Waals surface area contributed by atoms with Crippen molar-refractivity contribution in [2.45, 2.75) is 39.3 Å². The van der Waals surface area contributed by atoms with E-state index in [1.807, 2.05) is 23.1 Å². The summed E-state index contributed by atoms with van der Waals surface area (Å²) in [7, 11) is 3.19. The van der Waals surface area contributed by atoms with Crippen LogP contribution in [-0.2, 0) is 19.4 Å². The van der Waals surface area contributed by atoms with Gasteiger partial charge < -0.3 is 34.0 Å². The van der Waals surface area contributed by atoms with Crippen molar-refractivity contribution in [1.29, 1.82) is 0 Å². The molecule has 2 heterocycles. The van der Waals surface area contributed by atoms with Gasteiger partial charge in [-0.3, -0.25) is 0 Å². The van der Waals surface area contributed by atoms with Crippen molar-refractivity contribution in [3.63, 3.8) is 0 Å². The van der Waals surface area contributed by atoms with Crippen molar-refractivity contribution in [3.05, 3.63) is 100 Å². The summed E-state index contributed by atoms with van der Waals surface area (Å²) in [5.41, 5.74) is 6.97. The monoisotopic (exact) mass is 557 g/mol. The van der Waals surface area contributed by atoms with Gasteiger partial charge in [-0.05, 0) is 72.4 Å². The summed E-state index contributed by atoms with van der Waals surface area (Å²) >= 11 is 0. The number of amides is 2. The van der Waals surface area contributed by atoms with E-state index in [0.717, 1.165) is 33.4 Å². The van der Waals surface area contributed by atoms with E-state index < -0.39 is 0 Å². The molecular weight excluding hydrogens is 522 g/mol. The zero-order valence-electron chi connectivity index (χ0n) is 23.8. The summed E-state index contributed by atoms with van der Waals surface area (Å²) in [4.78, 5) is 19.5. The molecule has 0 saturated heterocycles. The molecule has 1 unspecified atom stereocenters. The van der Waals surface area contributed by atoms with Gasteiger partial charge in [-0.25, -0.2) is 9.78 Å². The molecule has 9 heteroatoms. The standard InChI is InChI=1S/C32H35N3O6/c1-20-5-6-27(21(2)11-20)31-28-16-30(41-10-8-22-12-25(36)15-26(13-22)38-3)29(39-4)14-23(28)7-9-35(31)32(37)33-17-24-18-40-19-34-24/h5-6,11-16,18-19,31,36H,7-10,17H2,1-4H3,(H,33,37). The van der Waals surface area contributed by atoms with Gasteiger partial charge in [-0.1, -0.05) is 23.8 Å². The Balaban J connectivity index is 1.45. The number of urea groups is 1. The number of hydrogen-bond acceptors (Lipinski definition) is 7. The smallest absolute Gasteiger partial charge is 0.318 e. The topological polar surface area (TPSA) is 106 Å². The van der Waals surface area contributed by atoms with Crippen LogP contribution < -0.4 is 19.5 Å². The number of aromatic hydroxyl groups is 1. The average molecular weight is 558 g/mol. The molecule has 5 rings (SSSR count). The Hall–Kier alpha value is -4.66. The SMILES string of the molecule is COc1cc(O)cc(CCOc2cc3c(cc2OC)CCN(C(=O)NCc2cocn2)C3c2ccc(C)cc2C)c1. The minimum atomic E-state index is -0.319. The van der Waals surface area contributed by atoms with Crippen molar-refractivity contribution in [1.82, 2.24) is 15.2 Å². The van der Waals surface area contributed by atoms with Crippen LogP contribution in [0.3, 0.4) is 0 Å². The summed E-state index contributed by atoms with van der Waals surface area (Å²) in [5.74, 6) is 1.96. The molecule has 1 aromatic heterocycles. The van der Waals surface area contributed by atoms with Crippen molar-refractivity contribution in [2.24, 2.45) is 0 Å². The molecule has 0 radical (unpaired) electrons. The first-order chi connectivity index (χ1) is 19.9. The first kappa shape index (κ1) is 27.9. The quantitative estimate of drug-likeness (QED) is 0.280. The number of methoxy groups -OCH3 is 2. The van der Waals surface area contributed by atoms with E-state index in [2.05, 4.69) is 42.3 Å². The molecule has 1 aliphatic heterocycles. The Kier molecular flexibility index (Phi) is 8.33. The number of aryl methyl sites for hydroxylation is 2. The van der Waals surface area contributed by atoms with Crippen LogP contribution in [0, 0.1) is 13.8 Å². The zero-order valence-corrected chi connectivity index (χ0v) is 23.8. The van der Waals surface area contributed by atoms with Crippen LogP contribution in [0.4, 0.5) is 4.79 Å². The van der Waals surface area contributed by atoms with Crippen LogP contribution in [0.5, 0.6) is 23.0 Å². The van der Waals surface area contributed by atoms with Crippen molar-refractivity contribution >= 4 is 6.03 Å². The molecule has 0 aliphatic carbocycles.